The second-order valence-electron chi connectivity index (χ2n) is 6.88. The number of halogens is 2. The van der Waals surface area contributed by atoms with E-state index in [1.54, 1.807) is 13.0 Å². The molecular formula is C18H26Cl2N2O3S. The van der Waals surface area contributed by atoms with Gasteiger partial charge in [-0.15, -0.1) is 0 Å². The second-order valence-corrected chi connectivity index (χ2v) is 9.56. The first-order chi connectivity index (χ1) is 12.2. The van der Waals surface area contributed by atoms with Crippen LogP contribution in [0, 0.1) is 0 Å². The van der Waals surface area contributed by atoms with E-state index >= 15 is 0 Å². The van der Waals surface area contributed by atoms with E-state index < -0.39 is 16.1 Å². The third-order valence-corrected chi connectivity index (χ3v) is 6.68. The van der Waals surface area contributed by atoms with E-state index in [0.717, 1.165) is 36.2 Å². The Morgan fingerprint density at radius 3 is 2.23 bits per heavy atom. The van der Waals surface area contributed by atoms with E-state index in [1.165, 1.54) is 31.4 Å². The lowest BCUT2D eigenvalue weighted by Gasteiger charge is -2.30. The Labute approximate surface area is 166 Å². The number of nitrogens with zero attached hydrogens (tertiary/aromatic N) is 1. The zero-order chi connectivity index (χ0) is 19.3. The summed E-state index contributed by atoms with van der Waals surface area (Å²) in [5.74, 6) is -0.299. The van der Waals surface area contributed by atoms with Crippen molar-refractivity contribution in [3.05, 3.63) is 28.2 Å². The maximum absolute atomic E-state index is 12.7. The third kappa shape index (κ3) is 5.76. The highest BCUT2D eigenvalue weighted by Gasteiger charge is 2.30. The van der Waals surface area contributed by atoms with Crippen LogP contribution in [0.5, 0.6) is 0 Å². The van der Waals surface area contributed by atoms with Gasteiger partial charge in [0.1, 0.15) is 6.04 Å². The first-order valence-corrected chi connectivity index (χ1v) is 11.6. The number of hydrogen-bond donors (Lipinski definition) is 1. The molecule has 0 heterocycles. The Morgan fingerprint density at radius 2 is 1.69 bits per heavy atom. The highest BCUT2D eigenvalue weighted by molar-refractivity contribution is 7.92. The van der Waals surface area contributed by atoms with Gasteiger partial charge in [0, 0.05) is 6.04 Å². The molecule has 0 aliphatic heterocycles. The monoisotopic (exact) mass is 420 g/mol. The molecule has 8 heteroatoms. The summed E-state index contributed by atoms with van der Waals surface area (Å²) in [5, 5.41) is 3.60. The fourth-order valence-electron chi connectivity index (χ4n) is 3.35. The predicted molar refractivity (Wildman–Crippen MR) is 107 cm³/mol. The van der Waals surface area contributed by atoms with Crippen LogP contribution in [-0.2, 0) is 14.8 Å². The zero-order valence-electron chi connectivity index (χ0n) is 15.2. The summed E-state index contributed by atoms with van der Waals surface area (Å²) in [4.78, 5) is 12.7. The summed E-state index contributed by atoms with van der Waals surface area (Å²) in [6, 6.07) is 3.75. The zero-order valence-corrected chi connectivity index (χ0v) is 17.5. The van der Waals surface area contributed by atoms with Gasteiger partial charge in [-0.25, -0.2) is 8.42 Å². The van der Waals surface area contributed by atoms with E-state index in [1.807, 2.05) is 0 Å². The number of carbonyl (C=O) groups is 1. The molecule has 1 aliphatic carbocycles. The van der Waals surface area contributed by atoms with Crippen molar-refractivity contribution in [1.82, 2.24) is 5.32 Å². The fourth-order valence-corrected chi connectivity index (χ4v) is 4.81. The number of hydrogen-bond acceptors (Lipinski definition) is 3. The van der Waals surface area contributed by atoms with Gasteiger partial charge in [-0.3, -0.25) is 9.10 Å². The van der Waals surface area contributed by atoms with Gasteiger partial charge in [-0.2, -0.15) is 0 Å². The first-order valence-electron chi connectivity index (χ1n) is 8.95. The van der Waals surface area contributed by atoms with Crippen LogP contribution in [0.4, 0.5) is 5.69 Å². The molecule has 2 rings (SSSR count). The van der Waals surface area contributed by atoms with Crippen LogP contribution >= 0.6 is 23.2 Å². The van der Waals surface area contributed by atoms with Crippen LogP contribution in [0.1, 0.15) is 51.9 Å². The Balaban J connectivity index is 2.18. The average molecular weight is 421 g/mol. The van der Waals surface area contributed by atoms with Crippen LogP contribution in [0.2, 0.25) is 10.0 Å². The standard InChI is InChI=1S/C18H26Cl2N2O3S/c1-13(18(23)21-14-8-6-4-3-5-7-9-14)22(26(2,24)25)15-10-11-16(19)17(20)12-15/h10-14H,3-9H2,1-2H3,(H,21,23)/t13-/m1/s1. The second kappa shape index (κ2) is 9.29. The van der Waals surface area contributed by atoms with Gasteiger partial charge in [0.15, 0.2) is 0 Å². The molecule has 0 aromatic heterocycles. The molecule has 0 radical (unpaired) electrons. The van der Waals surface area contributed by atoms with Gasteiger partial charge in [0.2, 0.25) is 15.9 Å². The SMILES string of the molecule is C[C@H](C(=O)NC1CCCCCCC1)N(c1ccc(Cl)c(Cl)c1)S(C)(=O)=O. The first kappa shape index (κ1) is 21.3. The number of amides is 1. The molecule has 1 N–H and O–H groups in total. The minimum absolute atomic E-state index is 0.0977. The Kier molecular flexibility index (Phi) is 7.62. The highest BCUT2D eigenvalue weighted by atomic mass is 35.5. The molecule has 26 heavy (non-hydrogen) atoms. The minimum Gasteiger partial charge on any atom is -0.352 e. The maximum Gasteiger partial charge on any atom is 0.243 e. The highest BCUT2D eigenvalue weighted by Crippen LogP contribution is 2.29. The number of benzene rings is 1. The number of carbonyl (C=O) groups excluding carboxylic acids is 1. The molecule has 1 saturated carbocycles. The van der Waals surface area contributed by atoms with E-state index in [2.05, 4.69) is 5.32 Å². The van der Waals surface area contributed by atoms with E-state index in [9.17, 15) is 13.2 Å². The van der Waals surface area contributed by atoms with E-state index in [4.69, 9.17) is 23.2 Å². The van der Waals surface area contributed by atoms with Crippen molar-refractivity contribution in [3.8, 4) is 0 Å². The number of sulfonamides is 1. The van der Waals surface area contributed by atoms with Crippen molar-refractivity contribution in [3.63, 3.8) is 0 Å². The fraction of sp³-hybridized carbons (Fsp3) is 0.611. The van der Waals surface area contributed by atoms with Crippen molar-refractivity contribution in [1.29, 1.82) is 0 Å². The van der Waals surface area contributed by atoms with Crippen LogP contribution in [-0.4, -0.2) is 32.7 Å². The molecule has 1 aromatic carbocycles. The van der Waals surface area contributed by atoms with Crippen LogP contribution in [0.25, 0.3) is 0 Å². The molecular weight excluding hydrogens is 395 g/mol. The molecule has 1 amide bonds. The molecule has 0 unspecified atom stereocenters. The normalized spacial score (nSPS) is 17.8. The van der Waals surface area contributed by atoms with Crippen LogP contribution < -0.4 is 9.62 Å². The summed E-state index contributed by atoms with van der Waals surface area (Å²) < 4.78 is 25.8. The molecule has 1 fully saturated rings. The summed E-state index contributed by atoms with van der Waals surface area (Å²) in [7, 11) is -3.67. The molecule has 1 atom stereocenters. The van der Waals surface area contributed by atoms with Crippen molar-refractivity contribution < 1.29 is 13.2 Å². The Morgan fingerprint density at radius 1 is 1.12 bits per heavy atom. The molecule has 0 spiro atoms. The largest absolute Gasteiger partial charge is 0.352 e. The number of nitrogens with one attached hydrogen (secondary N) is 1. The summed E-state index contributed by atoms with van der Waals surface area (Å²) in [6.07, 6.45) is 8.73. The smallest absolute Gasteiger partial charge is 0.243 e. The Hall–Kier alpha value is -0.980. The van der Waals surface area contributed by atoms with Gasteiger partial charge in [-0.1, -0.05) is 55.3 Å². The molecule has 5 nitrogen and oxygen atoms in total. The van der Waals surface area contributed by atoms with Gasteiger partial charge in [0.25, 0.3) is 0 Å². The van der Waals surface area contributed by atoms with Gasteiger partial charge in [0.05, 0.1) is 22.0 Å². The van der Waals surface area contributed by atoms with Gasteiger partial charge < -0.3 is 5.32 Å². The van der Waals surface area contributed by atoms with Gasteiger partial charge >= 0.3 is 0 Å². The van der Waals surface area contributed by atoms with Crippen LogP contribution in [0.3, 0.4) is 0 Å². The van der Waals surface area contributed by atoms with E-state index in [0.29, 0.717) is 10.7 Å². The third-order valence-electron chi connectivity index (χ3n) is 4.70. The van der Waals surface area contributed by atoms with Crippen molar-refractivity contribution in [2.24, 2.45) is 0 Å². The molecule has 0 bridgehead atoms. The molecule has 1 aliphatic rings. The quantitative estimate of drug-likeness (QED) is 0.768. The lowest BCUT2D eigenvalue weighted by molar-refractivity contribution is -0.122. The molecule has 1 aromatic rings. The van der Waals surface area contributed by atoms with Crippen molar-refractivity contribution in [2.75, 3.05) is 10.6 Å². The lowest BCUT2D eigenvalue weighted by Crippen LogP contribution is -2.50. The number of anilines is 1. The predicted octanol–water partition coefficient (Wildman–Crippen LogP) is 4.38. The summed E-state index contributed by atoms with van der Waals surface area (Å²) >= 11 is 11.9. The Bertz CT molecular complexity index is 732. The van der Waals surface area contributed by atoms with Crippen molar-refractivity contribution in [2.45, 2.75) is 64.0 Å². The number of rotatable bonds is 5. The summed E-state index contributed by atoms with van der Waals surface area (Å²) in [6.45, 7) is 1.59. The molecule has 0 saturated heterocycles. The van der Waals surface area contributed by atoms with Gasteiger partial charge in [-0.05, 0) is 38.0 Å². The van der Waals surface area contributed by atoms with E-state index in [-0.39, 0.29) is 17.0 Å². The average Bonchev–Trinajstić information content (AvgIpc) is 2.52. The topological polar surface area (TPSA) is 66.5 Å². The lowest BCUT2D eigenvalue weighted by atomic mass is 9.96. The molecule has 146 valence electrons. The maximum atomic E-state index is 12.7. The minimum atomic E-state index is -3.67. The van der Waals surface area contributed by atoms with Crippen molar-refractivity contribution >= 4 is 44.8 Å². The van der Waals surface area contributed by atoms with Crippen LogP contribution in [0.15, 0.2) is 18.2 Å². The summed E-state index contributed by atoms with van der Waals surface area (Å²) in [5.41, 5.74) is 0.321.